The van der Waals surface area contributed by atoms with Crippen molar-refractivity contribution in [1.29, 1.82) is 0 Å². The largest absolute Gasteiger partial charge is 0.333 e. The van der Waals surface area contributed by atoms with E-state index in [9.17, 15) is 28.8 Å². The number of imide groups is 4. The summed E-state index contributed by atoms with van der Waals surface area (Å²) in [6, 6.07) is -1.47. The molecule has 0 unspecified atom stereocenters. The van der Waals surface area contributed by atoms with Crippen LogP contribution in [-0.2, 0) is 19.2 Å². The third-order valence-corrected chi connectivity index (χ3v) is 4.54. The predicted molar refractivity (Wildman–Crippen MR) is 91.9 cm³/mol. The predicted octanol–water partition coefficient (Wildman–Crippen LogP) is 0.190. The van der Waals surface area contributed by atoms with Crippen LogP contribution in [0.3, 0.4) is 0 Å². The van der Waals surface area contributed by atoms with E-state index >= 15 is 0 Å². The molecule has 0 aromatic carbocycles. The molecular weight excluding hydrogens is 356 g/mol. The molecule has 2 aliphatic heterocycles. The summed E-state index contributed by atoms with van der Waals surface area (Å²) in [6.45, 7) is 6.47. The van der Waals surface area contributed by atoms with E-state index in [0.717, 1.165) is 25.7 Å². The quantitative estimate of drug-likeness (QED) is 0.383. The zero-order valence-corrected chi connectivity index (χ0v) is 15.7. The van der Waals surface area contributed by atoms with Crippen LogP contribution in [0.25, 0.3) is 0 Å². The van der Waals surface area contributed by atoms with E-state index in [-0.39, 0.29) is 26.2 Å². The van der Waals surface area contributed by atoms with Crippen molar-refractivity contribution in [2.75, 3.05) is 26.2 Å². The zero-order chi connectivity index (χ0) is 20.5. The second-order valence-electron chi connectivity index (χ2n) is 5.89. The molecule has 0 aromatic rings. The highest BCUT2D eigenvalue weighted by Gasteiger charge is 2.46. The maximum absolute atomic E-state index is 12.6. The molecule has 0 aliphatic carbocycles. The van der Waals surface area contributed by atoms with Gasteiger partial charge in [0.25, 0.3) is 11.8 Å². The molecule has 2 saturated heterocycles. The molecule has 0 spiro atoms. The highest BCUT2D eigenvalue weighted by atomic mass is 16.2. The van der Waals surface area contributed by atoms with Crippen LogP contribution in [0, 0.1) is 5.92 Å². The second-order valence-corrected chi connectivity index (χ2v) is 5.89. The maximum Gasteiger partial charge on any atom is 0.333 e. The topological polar surface area (TPSA) is 115 Å². The first kappa shape index (κ1) is 20.3. The van der Waals surface area contributed by atoms with E-state index in [1.807, 2.05) is 0 Å². The molecule has 0 radical (unpaired) electrons. The molecule has 0 aromatic heterocycles. The molecular formula is C17H22N4O6. The van der Waals surface area contributed by atoms with Gasteiger partial charge in [-0.1, -0.05) is 0 Å². The van der Waals surface area contributed by atoms with Crippen LogP contribution >= 0.6 is 0 Å². The summed E-state index contributed by atoms with van der Waals surface area (Å²) in [7, 11) is 0. The lowest BCUT2D eigenvalue weighted by molar-refractivity contribution is -0.146. The number of amides is 8. The Morgan fingerprint density at radius 3 is 1.30 bits per heavy atom. The second kappa shape index (κ2) is 7.68. The molecule has 146 valence electrons. The van der Waals surface area contributed by atoms with Gasteiger partial charge in [-0.2, -0.15) is 0 Å². The summed E-state index contributed by atoms with van der Waals surface area (Å²) in [5, 5.41) is 0. The Morgan fingerprint density at radius 2 is 0.963 bits per heavy atom. The Bertz CT molecular complexity index is 705. The Hall–Kier alpha value is -3.04. The third kappa shape index (κ3) is 3.11. The van der Waals surface area contributed by atoms with E-state index in [1.165, 1.54) is 0 Å². The zero-order valence-electron chi connectivity index (χ0n) is 15.7. The third-order valence-electron chi connectivity index (χ3n) is 4.54. The average Bonchev–Trinajstić information content (AvgIpc) is 2.62. The van der Waals surface area contributed by atoms with Crippen LogP contribution in [0.4, 0.5) is 9.59 Å². The van der Waals surface area contributed by atoms with Gasteiger partial charge in [0.15, 0.2) is 0 Å². The summed E-state index contributed by atoms with van der Waals surface area (Å²) in [5.74, 6) is -4.79. The molecule has 8 amide bonds. The number of hydrogen-bond acceptors (Lipinski definition) is 6. The SMILES string of the molecule is CCN1C(=O)C(=CC2C(=O)N(CC)C(=O)N(CC)C2=O)C(=O)N(CC)C1=O. The first-order valence-corrected chi connectivity index (χ1v) is 8.81. The molecule has 10 heteroatoms. The van der Waals surface area contributed by atoms with Gasteiger partial charge in [-0.3, -0.25) is 38.8 Å². The van der Waals surface area contributed by atoms with Crippen molar-refractivity contribution in [2.45, 2.75) is 27.7 Å². The van der Waals surface area contributed by atoms with E-state index < -0.39 is 47.2 Å². The van der Waals surface area contributed by atoms with Crippen molar-refractivity contribution in [3.8, 4) is 0 Å². The summed E-state index contributed by atoms with van der Waals surface area (Å²) in [6.07, 6.45) is 0.977. The first-order chi connectivity index (χ1) is 12.7. The van der Waals surface area contributed by atoms with Gasteiger partial charge in [0.1, 0.15) is 11.5 Å². The van der Waals surface area contributed by atoms with E-state index in [4.69, 9.17) is 0 Å². The summed E-state index contributed by atoms with van der Waals surface area (Å²) in [4.78, 5) is 78.2. The molecule has 10 nitrogen and oxygen atoms in total. The number of likely N-dealkylation sites (N-methyl/N-ethyl adjacent to an activating group) is 2. The van der Waals surface area contributed by atoms with Gasteiger partial charge in [-0.25, -0.2) is 9.59 Å². The van der Waals surface area contributed by atoms with Crippen LogP contribution < -0.4 is 0 Å². The van der Waals surface area contributed by atoms with Crippen molar-refractivity contribution >= 4 is 35.7 Å². The number of rotatable bonds is 5. The minimum atomic E-state index is -1.48. The number of nitrogens with zero attached hydrogens (tertiary/aromatic N) is 4. The molecule has 0 bridgehead atoms. The summed E-state index contributed by atoms with van der Waals surface area (Å²) in [5.41, 5.74) is -0.425. The summed E-state index contributed by atoms with van der Waals surface area (Å²) < 4.78 is 0. The van der Waals surface area contributed by atoms with Gasteiger partial charge >= 0.3 is 12.1 Å². The maximum atomic E-state index is 12.6. The van der Waals surface area contributed by atoms with Gasteiger partial charge in [0, 0.05) is 26.2 Å². The number of carbonyl (C=O) groups excluding carboxylic acids is 6. The monoisotopic (exact) mass is 378 g/mol. The molecule has 27 heavy (non-hydrogen) atoms. The fourth-order valence-corrected chi connectivity index (χ4v) is 3.07. The Morgan fingerprint density at radius 1 is 0.630 bits per heavy atom. The molecule has 2 fully saturated rings. The lowest BCUT2D eigenvalue weighted by Crippen LogP contribution is -2.60. The Kier molecular flexibility index (Phi) is 5.77. The van der Waals surface area contributed by atoms with Crippen molar-refractivity contribution in [1.82, 2.24) is 19.6 Å². The van der Waals surface area contributed by atoms with E-state index in [1.54, 1.807) is 27.7 Å². The van der Waals surface area contributed by atoms with Crippen LogP contribution in [0.5, 0.6) is 0 Å². The normalized spacial score (nSPS) is 19.6. The standard InChI is InChI=1S/C17H22N4O6/c1-5-18-12(22)10(13(23)19(6-2)16(18)26)9-11-14(24)20(7-3)17(27)21(8-4)15(11)25/h9-10H,5-8H2,1-4H3. The van der Waals surface area contributed by atoms with Crippen LogP contribution in [0.15, 0.2) is 11.6 Å². The minimum Gasteiger partial charge on any atom is -0.273 e. The van der Waals surface area contributed by atoms with Crippen molar-refractivity contribution in [3.63, 3.8) is 0 Å². The molecule has 2 rings (SSSR count). The van der Waals surface area contributed by atoms with Crippen LogP contribution in [0.2, 0.25) is 0 Å². The lowest BCUT2D eigenvalue weighted by atomic mass is 9.97. The molecule has 2 aliphatic rings. The smallest absolute Gasteiger partial charge is 0.273 e. The minimum absolute atomic E-state index is 0.0337. The van der Waals surface area contributed by atoms with E-state index in [2.05, 4.69) is 0 Å². The van der Waals surface area contributed by atoms with Gasteiger partial charge in [0.2, 0.25) is 11.8 Å². The molecule has 0 saturated carbocycles. The average molecular weight is 378 g/mol. The number of barbiturate groups is 2. The fourth-order valence-electron chi connectivity index (χ4n) is 3.07. The molecule has 0 atom stereocenters. The lowest BCUT2D eigenvalue weighted by Gasteiger charge is -2.36. The first-order valence-electron chi connectivity index (χ1n) is 8.81. The fraction of sp³-hybridized carbons (Fsp3) is 0.529. The Labute approximate surface area is 156 Å². The van der Waals surface area contributed by atoms with Crippen molar-refractivity contribution in [2.24, 2.45) is 5.92 Å². The van der Waals surface area contributed by atoms with Crippen molar-refractivity contribution in [3.05, 3.63) is 11.6 Å². The number of carbonyl (C=O) groups is 6. The van der Waals surface area contributed by atoms with Crippen LogP contribution in [-0.4, -0.2) is 81.5 Å². The van der Waals surface area contributed by atoms with Crippen LogP contribution in [0.1, 0.15) is 27.7 Å². The molecule has 0 N–H and O–H groups in total. The number of urea groups is 2. The van der Waals surface area contributed by atoms with Crippen molar-refractivity contribution < 1.29 is 28.8 Å². The highest BCUT2D eigenvalue weighted by molar-refractivity contribution is 6.29. The number of hydrogen-bond donors (Lipinski definition) is 0. The highest BCUT2D eigenvalue weighted by Crippen LogP contribution is 2.24. The van der Waals surface area contributed by atoms with Gasteiger partial charge < -0.3 is 0 Å². The van der Waals surface area contributed by atoms with Gasteiger partial charge in [0.05, 0.1) is 0 Å². The van der Waals surface area contributed by atoms with Gasteiger partial charge in [-0.15, -0.1) is 0 Å². The Balaban J connectivity index is 2.53. The van der Waals surface area contributed by atoms with Gasteiger partial charge in [-0.05, 0) is 33.8 Å². The molecule has 2 heterocycles. The summed E-state index contributed by atoms with van der Waals surface area (Å²) >= 11 is 0. The van der Waals surface area contributed by atoms with E-state index in [0.29, 0.717) is 0 Å².